The van der Waals surface area contributed by atoms with Crippen LogP contribution in [0.25, 0.3) is 22.2 Å². The zero-order valence-corrected chi connectivity index (χ0v) is 23.3. The van der Waals surface area contributed by atoms with Gasteiger partial charge in [-0.1, -0.05) is 0 Å². The van der Waals surface area contributed by atoms with Crippen LogP contribution in [-0.2, 0) is 6.18 Å². The fourth-order valence-corrected chi connectivity index (χ4v) is 5.22. The minimum Gasteiger partial charge on any atom is -0.474 e. The lowest BCUT2D eigenvalue weighted by atomic mass is 9.96. The van der Waals surface area contributed by atoms with Crippen molar-refractivity contribution in [3.8, 4) is 23.1 Å². The van der Waals surface area contributed by atoms with Crippen molar-refractivity contribution < 1.29 is 40.2 Å². The molecule has 234 valence electrons. The molecular weight excluding hydrogens is 587 g/mol. The van der Waals surface area contributed by atoms with Gasteiger partial charge in [0.25, 0.3) is 6.43 Å². The van der Waals surface area contributed by atoms with Gasteiger partial charge in [-0.25, -0.2) is 22.5 Å². The number of nitrogen functional groups attached to an aromatic ring is 1. The molecule has 9 nitrogen and oxygen atoms in total. The molecule has 5 rings (SSSR count). The molecule has 4 N–H and O–H groups in total. The average Bonchev–Trinajstić information content (AvgIpc) is 2.93. The summed E-state index contributed by atoms with van der Waals surface area (Å²) >= 11 is 0. The van der Waals surface area contributed by atoms with Crippen molar-refractivity contribution in [3.63, 3.8) is 0 Å². The maximum absolute atomic E-state index is 16.3. The lowest BCUT2D eigenvalue weighted by Crippen LogP contribution is -2.50. The van der Waals surface area contributed by atoms with E-state index in [1.165, 1.54) is 0 Å². The molecule has 1 atom stereocenters. The van der Waals surface area contributed by atoms with Crippen LogP contribution in [0.4, 0.5) is 42.2 Å². The van der Waals surface area contributed by atoms with Gasteiger partial charge in [0, 0.05) is 37.7 Å². The fraction of sp³-hybridized carbons (Fsp3) is 0.519. The minimum absolute atomic E-state index is 0.0190. The molecule has 0 radical (unpaired) electrons. The number of nitrogens with zero attached hydrogens (tertiary/aromatic N) is 4. The van der Waals surface area contributed by atoms with E-state index in [0.717, 1.165) is 6.92 Å². The summed E-state index contributed by atoms with van der Waals surface area (Å²) in [6.45, 7) is 4.40. The number of benzene rings is 1. The third-order valence-corrected chi connectivity index (χ3v) is 7.31. The minimum atomic E-state index is -5.08. The van der Waals surface area contributed by atoms with Crippen molar-refractivity contribution in [2.45, 2.75) is 39.0 Å². The molecule has 0 bridgehead atoms. The van der Waals surface area contributed by atoms with Gasteiger partial charge in [-0.15, -0.1) is 0 Å². The molecule has 0 aliphatic carbocycles. The second-order valence-corrected chi connectivity index (χ2v) is 10.7. The van der Waals surface area contributed by atoms with E-state index >= 15 is 4.39 Å². The molecule has 16 heteroatoms. The van der Waals surface area contributed by atoms with E-state index in [-0.39, 0.29) is 42.2 Å². The highest BCUT2D eigenvalue weighted by atomic mass is 19.4. The van der Waals surface area contributed by atoms with Gasteiger partial charge in [0.15, 0.2) is 5.82 Å². The molecule has 1 unspecified atom stereocenters. The number of likely N-dealkylation sites (tertiary alicyclic amines) is 1. The van der Waals surface area contributed by atoms with Crippen molar-refractivity contribution >= 4 is 22.4 Å². The van der Waals surface area contributed by atoms with Gasteiger partial charge in [0.05, 0.1) is 30.5 Å². The van der Waals surface area contributed by atoms with Crippen LogP contribution in [0.2, 0.25) is 0 Å². The Morgan fingerprint density at radius 1 is 1.12 bits per heavy atom. The molecule has 1 aromatic carbocycles. The summed E-state index contributed by atoms with van der Waals surface area (Å²) in [6.07, 6.45) is -7.55. The molecule has 43 heavy (non-hydrogen) atoms. The number of aromatic nitrogens is 3. The normalized spacial score (nSPS) is 18.6. The SMILES string of the molecule is Cc1c(F)c(N)cc(-c2nc3c4c(nc(OCC5CN(CC(F)F)C5)nc4c2F)NCCNCCC(C)O3)c1C(F)(F)F. The van der Waals surface area contributed by atoms with Crippen molar-refractivity contribution in [1.29, 1.82) is 0 Å². The number of nitrogens with one attached hydrogen (secondary N) is 2. The highest BCUT2D eigenvalue weighted by molar-refractivity contribution is 5.96. The maximum Gasteiger partial charge on any atom is 0.417 e. The number of anilines is 2. The summed E-state index contributed by atoms with van der Waals surface area (Å²) in [4.78, 5) is 14.3. The van der Waals surface area contributed by atoms with E-state index in [9.17, 15) is 26.3 Å². The van der Waals surface area contributed by atoms with Crippen LogP contribution in [0.3, 0.4) is 0 Å². The smallest absolute Gasteiger partial charge is 0.417 e. The first-order valence-corrected chi connectivity index (χ1v) is 13.6. The van der Waals surface area contributed by atoms with Crippen LogP contribution in [0, 0.1) is 24.5 Å². The number of hydrogen-bond acceptors (Lipinski definition) is 9. The fourth-order valence-electron chi connectivity index (χ4n) is 5.22. The molecule has 0 saturated carbocycles. The Labute approximate surface area is 242 Å². The highest BCUT2D eigenvalue weighted by Gasteiger charge is 2.39. The van der Waals surface area contributed by atoms with Crippen molar-refractivity contribution in [1.82, 2.24) is 25.2 Å². The van der Waals surface area contributed by atoms with E-state index in [2.05, 4.69) is 25.6 Å². The first kappa shape index (κ1) is 30.8. The predicted octanol–water partition coefficient (Wildman–Crippen LogP) is 4.63. The van der Waals surface area contributed by atoms with E-state index in [1.54, 1.807) is 11.8 Å². The van der Waals surface area contributed by atoms with Gasteiger partial charge >= 0.3 is 12.2 Å². The van der Waals surface area contributed by atoms with Gasteiger partial charge in [-0.2, -0.15) is 23.1 Å². The van der Waals surface area contributed by atoms with Crippen LogP contribution >= 0.6 is 0 Å². The topological polar surface area (TPSA) is 110 Å². The first-order valence-electron chi connectivity index (χ1n) is 13.6. The number of halogens is 7. The van der Waals surface area contributed by atoms with Crippen molar-refractivity contribution in [2.75, 3.05) is 56.9 Å². The van der Waals surface area contributed by atoms with Crippen LogP contribution < -0.4 is 25.8 Å². The summed E-state index contributed by atoms with van der Waals surface area (Å²) in [5.41, 5.74) is 0.800. The Morgan fingerprint density at radius 2 is 1.86 bits per heavy atom. The largest absolute Gasteiger partial charge is 0.474 e. The molecule has 2 aliphatic heterocycles. The quantitative estimate of drug-likeness (QED) is 0.270. The lowest BCUT2D eigenvalue weighted by molar-refractivity contribution is -0.137. The van der Waals surface area contributed by atoms with Crippen molar-refractivity contribution in [3.05, 3.63) is 28.8 Å². The second kappa shape index (κ2) is 12.1. The molecular formula is C27H30F7N7O2. The second-order valence-electron chi connectivity index (χ2n) is 10.7. The number of nitrogens with two attached hydrogens (primary N) is 1. The zero-order chi connectivity index (χ0) is 31.1. The van der Waals surface area contributed by atoms with Gasteiger partial charge in [0.2, 0.25) is 5.88 Å². The van der Waals surface area contributed by atoms with Gasteiger partial charge in [0.1, 0.15) is 28.2 Å². The Kier molecular flexibility index (Phi) is 8.70. The molecule has 3 aromatic rings. The Hall–Kier alpha value is -3.66. The maximum atomic E-state index is 16.3. The molecule has 1 saturated heterocycles. The summed E-state index contributed by atoms with van der Waals surface area (Å²) in [5.74, 6) is -2.79. The van der Waals surface area contributed by atoms with Crippen LogP contribution in [0.5, 0.6) is 11.9 Å². The first-order chi connectivity index (χ1) is 20.3. The van der Waals surface area contributed by atoms with E-state index in [0.29, 0.717) is 45.2 Å². The third kappa shape index (κ3) is 6.49. The zero-order valence-electron chi connectivity index (χ0n) is 23.3. The Morgan fingerprint density at radius 3 is 2.56 bits per heavy atom. The Balaban J connectivity index is 1.65. The number of rotatable bonds is 6. The highest BCUT2D eigenvalue weighted by Crippen LogP contribution is 2.44. The summed E-state index contributed by atoms with van der Waals surface area (Å²) in [7, 11) is 0. The van der Waals surface area contributed by atoms with Crippen molar-refractivity contribution in [2.24, 2.45) is 5.92 Å². The predicted molar refractivity (Wildman–Crippen MR) is 144 cm³/mol. The van der Waals surface area contributed by atoms with E-state index in [4.69, 9.17) is 15.2 Å². The van der Waals surface area contributed by atoms with Gasteiger partial charge in [-0.3, -0.25) is 4.90 Å². The summed E-state index contributed by atoms with van der Waals surface area (Å²) in [5, 5.41) is 6.24. The monoisotopic (exact) mass is 617 g/mol. The number of hydrogen-bond donors (Lipinski definition) is 3. The van der Waals surface area contributed by atoms with Crippen LogP contribution in [-0.4, -0.2) is 78.3 Å². The molecule has 2 aliphatic rings. The molecule has 0 amide bonds. The van der Waals surface area contributed by atoms with E-state index in [1.807, 2.05) is 0 Å². The summed E-state index contributed by atoms with van der Waals surface area (Å²) in [6, 6.07) is 0.402. The molecule has 4 heterocycles. The molecule has 0 spiro atoms. The third-order valence-electron chi connectivity index (χ3n) is 7.31. The lowest BCUT2D eigenvalue weighted by Gasteiger charge is -2.38. The molecule has 2 aromatic heterocycles. The number of alkyl halides is 5. The van der Waals surface area contributed by atoms with E-state index < -0.39 is 63.9 Å². The number of ether oxygens (including phenoxy) is 2. The summed E-state index contributed by atoms with van der Waals surface area (Å²) < 4.78 is 110. The van der Waals surface area contributed by atoms with Crippen LogP contribution in [0.15, 0.2) is 6.07 Å². The molecule has 1 fully saturated rings. The van der Waals surface area contributed by atoms with Gasteiger partial charge < -0.3 is 25.8 Å². The Bertz CT molecular complexity index is 1500. The average molecular weight is 618 g/mol. The van der Waals surface area contributed by atoms with Crippen LogP contribution in [0.1, 0.15) is 24.5 Å². The standard InChI is InChI=1S/C27H30F7N7O2/c1-12-3-4-36-5-6-37-24-18-23(39-26(40-24)42-11-14-8-41(9-14)10-17(28)29)21(31)22(38-25(18)43-12)15-7-16(35)20(30)13(2)19(15)27(32,33)34/h7,12,14,17,36H,3-6,8-11,35H2,1-2H3,(H,37,39,40). The van der Waals surface area contributed by atoms with Gasteiger partial charge in [-0.05, 0) is 38.4 Å². The number of pyridine rings is 1.